The summed E-state index contributed by atoms with van der Waals surface area (Å²) >= 11 is 0. The second-order valence-electron chi connectivity index (χ2n) is 6.82. The zero-order chi connectivity index (χ0) is 24.9. The van der Waals surface area contributed by atoms with Crippen molar-refractivity contribution in [3.05, 3.63) is 90.2 Å². The van der Waals surface area contributed by atoms with Crippen LogP contribution < -0.4 is 16.2 Å². The van der Waals surface area contributed by atoms with Crippen molar-refractivity contribution in [1.82, 2.24) is 16.2 Å². The third-order valence-electron chi connectivity index (χ3n) is 3.92. The van der Waals surface area contributed by atoms with Gasteiger partial charge >= 0.3 is 0 Å². The molecule has 3 N–H and O–H groups in total. The van der Waals surface area contributed by atoms with Crippen LogP contribution in [0.5, 0.6) is 0 Å². The first-order valence-corrected chi connectivity index (χ1v) is 10.7. The summed E-state index contributed by atoms with van der Waals surface area (Å²) in [5.74, 6) is 0.101. The fourth-order valence-electron chi connectivity index (χ4n) is 2.53. The largest absolute Gasteiger partial charge is 0.462 e. The molecule has 33 heavy (non-hydrogen) atoms. The monoisotopic (exact) mass is 453 g/mol. The van der Waals surface area contributed by atoms with Crippen LogP contribution in [0.25, 0.3) is 0 Å². The number of benzene rings is 1. The van der Waals surface area contributed by atoms with Gasteiger partial charge in [-0.05, 0) is 50.6 Å². The lowest BCUT2D eigenvalue weighted by molar-refractivity contribution is -0.127. The van der Waals surface area contributed by atoms with Crippen molar-refractivity contribution in [3.8, 4) is 0 Å². The SMILES string of the molecule is C=C.CC(C)=O.CCCCNC1NNC(=O)c2ccccc21.O=COCC1=C=CC=CC=C1. The quantitative estimate of drug-likeness (QED) is 0.249. The molecule has 1 atom stereocenters. The van der Waals surface area contributed by atoms with Crippen LogP contribution in [-0.4, -0.2) is 31.3 Å². The maximum absolute atomic E-state index is 11.6. The Morgan fingerprint density at radius 2 is 1.91 bits per heavy atom. The van der Waals surface area contributed by atoms with Gasteiger partial charge in [0.2, 0.25) is 0 Å². The van der Waals surface area contributed by atoms with E-state index in [9.17, 15) is 14.4 Å². The average molecular weight is 454 g/mol. The molecule has 0 saturated carbocycles. The van der Waals surface area contributed by atoms with Gasteiger partial charge in [0.05, 0.1) is 0 Å². The van der Waals surface area contributed by atoms with Crippen molar-refractivity contribution in [2.75, 3.05) is 13.2 Å². The molecule has 7 nitrogen and oxygen atoms in total. The first-order valence-electron chi connectivity index (χ1n) is 10.7. The molecule has 3 rings (SSSR count). The van der Waals surface area contributed by atoms with Crippen molar-refractivity contribution in [2.24, 2.45) is 0 Å². The number of ether oxygens (including phenoxy) is 1. The van der Waals surface area contributed by atoms with E-state index in [1.165, 1.54) is 13.8 Å². The summed E-state index contributed by atoms with van der Waals surface area (Å²) in [4.78, 5) is 30.8. The molecule has 178 valence electrons. The third kappa shape index (κ3) is 13.5. The van der Waals surface area contributed by atoms with Gasteiger partial charge in [-0.3, -0.25) is 20.3 Å². The highest BCUT2D eigenvalue weighted by Crippen LogP contribution is 2.18. The Bertz CT molecular complexity index is 864. The summed E-state index contributed by atoms with van der Waals surface area (Å²) in [7, 11) is 0. The number of ketones is 1. The number of carbonyl (C=O) groups is 3. The lowest BCUT2D eigenvalue weighted by Gasteiger charge is -2.27. The second kappa shape index (κ2) is 19.2. The molecule has 0 aromatic heterocycles. The summed E-state index contributed by atoms with van der Waals surface area (Å²) in [6, 6.07) is 7.66. The van der Waals surface area contributed by atoms with Crippen LogP contribution in [0.15, 0.2) is 79.1 Å². The van der Waals surface area contributed by atoms with Crippen LogP contribution >= 0.6 is 0 Å². The molecule has 7 heteroatoms. The van der Waals surface area contributed by atoms with E-state index in [0.717, 1.165) is 36.1 Å². The summed E-state index contributed by atoms with van der Waals surface area (Å²) in [6.07, 6.45) is 11.6. The Morgan fingerprint density at radius 3 is 2.58 bits per heavy atom. The number of hydrazine groups is 1. The van der Waals surface area contributed by atoms with Crippen LogP contribution in [-0.2, 0) is 14.3 Å². The highest BCUT2D eigenvalue weighted by molar-refractivity contribution is 5.96. The van der Waals surface area contributed by atoms with E-state index in [4.69, 9.17) is 0 Å². The second-order valence-corrected chi connectivity index (χ2v) is 6.82. The Morgan fingerprint density at radius 1 is 1.21 bits per heavy atom. The number of nitrogens with one attached hydrogen (secondary N) is 3. The predicted molar refractivity (Wildman–Crippen MR) is 132 cm³/mol. The number of amides is 1. The Hall–Kier alpha value is -3.51. The lowest BCUT2D eigenvalue weighted by atomic mass is 10.0. The fraction of sp³-hybridized carbons (Fsp3) is 0.308. The van der Waals surface area contributed by atoms with Gasteiger partial charge in [-0.25, -0.2) is 5.43 Å². The molecule has 0 radical (unpaired) electrons. The van der Waals surface area contributed by atoms with Crippen LogP contribution in [0, 0.1) is 0 Å². The van der Waals surface area contributed by atoms with E-state index in [0.29, 0.717) is 6.47 Å². The molecular weight excluding hydrogens is 418 g/mol. The molecule has 0 bridgehead atoms. The van der Waals surface area contributed by atoms with Crippen molar-refractivity contribution in [1.29, 1.82) is 0 Å². The van der Waals surface area contributed by atoms with Crippen molar-refractivity contribution in [3.63, 3.8) is 0 Å². The minimum absolute atomic E-state index is 0.0143. The van der Waals surface area contributed by atoms with Crippen LogP contribution in [0.1, 0.15) is 55.7 Å². The van der Waals surface area contributed by atoms with Crippen LogP contribution in [0.4, 0.5) is 0 Å². The minimum Gasteiger partial charge on any atom is -0.462 e. The van der Waals surface area contributed by atoms with Gasteiger partial charge in [0.15, 0.2) is 0 Å². The number of fused-ring (bicyclic) bond motifs is 1. The maximum Gasteiger partial charge on any atom is 0.293 e. The molecule has 1 aliphatic carbocycles. The van der Waals surface area contributed by atoms with E-state index in [1.807, 2.05) is 48.6 Å². The van der Waals surface area contributed by atoms with E-state index in [1.54, 1.807) is 6.08 Å². The minimum atomic E-state index is -0.0656. The first kappa shape index (κ1) is 29.5. The van der Waals surface area contributed by atoms with Gasteiger partial charge in [0.25, 0.3) is 12.4 Å². The van der Waals surface area contributed by atoms with E-state index >= 15 is 0 Å². The standard InChI is InChI=1S/C12H17N3O.C9H8O2.C3H6O.C2H4/c1-2-3-8-13-11-9-6-4-5-7-10(9)12(16)15-14-11;10-8-11-7-9-5-3-1-2-4-6-9;1-3(2)4;1-2/h4-7,11,13-14H,2-3,8H2,1H3,(H,15,16);1-5,8H,7H2;1-2H3;1-2H2. The molecule has 1 heterocycles. The van der Waals surface area contributed by atoms with Gasteiger partial charge in [0.1, 0.15) is 18.6 Å². The normalized spacial score (nSPS) is 14.8. The molecule has 1 aromatic carbocycles. The zero-order valence-corrected chi connectivity index (χ0v) is 19.7. The molecule has 0 spiro atoms. The number of hydrogen-bond acceptors (Lipinski definition) is 6. The summed E-state index contributed by atoms with van der Waals surface area (Å²) < 4.78 is 4.55. The van der Waals surface area contributed by atoms with Crippen LogP contribution in [0.2, 0.25) is 0 Å². The summed E-state index contributed by atoms with van der Waals surface area (Å²) in [6.45, 7) is 12.9. The fourth-order valence-corrected chi connectivity index (χ4v) is 2.53. The molecule has 1 amide bonds. The van der Waals surface area contributed by atoms with E-state index in [2.05, 4.69) is 46.7 Å². The summed E-state index contributed by atoms with van der Waals surface area (Å²) in [5.41, 5.74) is 11.2. The number of hydrogen-bond donors (Lipinski definition) is 3. The van der Waals surface area contributed by atoms with E-state index in [-0.39, 0.29) is 24.5 Å². The molecular formula is C26H35N3O4. The highest BCUT2D eigenvalue weighted by Gasteiger charge is 2.23. The summed E-state index contributed by atoms with van der Waals surface area (Å²) in [5, 5.41) is 3.37. The molecule has 1 aliphatic heterocycles. The number of carbonyl (C=O) groups excluding carboxylic acids is 3. The number of Topliss-reactive ketones (excluding diaryl/α,β-unsaturated/α-hetero) is 1. The Labute approximate surface area is 197 Å². The predicted octanol–water partition coefficient (Wildman–Crippen LogP) is 4.09. The number of allylic oxidation sites excluding steroid dienone is 3. The first-order chi connectivity index (χ1) is 16.0. The highest BCUT2D eigenvalue weighted by atomic mass is 16.5. The third-order valence-corrected chi connectivity index (χ3v) is 3.92. The Balaban J connectivity index is 0.000000523. The maximum atomic E-state index is 11.6. The van der Waals surface area contributed by atoms with Gasteiger partial charge in [-0.2, -0.15) is 0 Å². The molecule has 0 saturated heterocycles. The van der Waals surface area contributed by atoms with Gasteiger partial charge in [-0.1, -0.05) is 49.8 Å². The van der Waals surface area contributed by atoms with Crippen molar-refractivity contribution >= 4 is 18.2 Å². The smallest absolute Gasteiger partial charge is 0.293 e. The van der Waals surface area contributed by atoms with E-state index < -0.39 is 0 Å². The lowest BCUT2D eigenvalue weighted by Crippen LogP contribution is -2.50. The molecule has 1 unspecified atom stereocenters. The van der Waals surface area contributed by atoms with Crippen LogP contribution in [0.3, 0.4) is 0 Å². The average Bonchev–Trinajstić information content (AvgIpc) is 3.10. The van der Waals surface area contributed by atoms with Gasteiger partial charge in [0, 0.05) is 11.1 Å². The van der Waals surface area contributed by atoms with Crippen molar-refractivity contribution < 1.29 is 19.1 Å². The van der Waals surface area contributed by atoms with Gasteiger partial charge < -0.3 is 9.53 Å². The number of rotatable bonds is 7. The van der Waals surface area contributed by atoms with Gasteiger partial charge in [-0.15, -0.1) is 18.9 Å². The molecule has 1 aromatic rings. The molecule has 0 fully saturated rings. The Kier molecular flexibility index (Phi) is 17.2. The topological polar surface area (TPSA) is 96.5 Å². The van der Waals surface area contributed by atoms with Crippen molar-refractivity contribution in [2.45, 2.75) is 39.8 Å². The zero-order valence-electron chi connectivity index (χ0n) is 19.7. The molecule has 2 aliphatic rings. The number of unbranched alkanes of at least 4 members (excludes halogenated alkanes) is 1.